The zero-order chi connectivity index (χ0) is 21.5. The van der Waals surface area contributed by atoms with Crippen molar-refractivity contribution in [2.45, 2.75) is 39.3 Å². The fraction of sp³-hybridized carbons (Fsp3) is 0.350. The molecule has 158 valence electrons. The molecular formula is C20H23ClN6O3. The SMILES string of the molecule is CCOC(=O)[C@H](C)NC(=O)CCc1nnc2ccc(NCc3ccc(Cl)cc3)nn12. The van der Waals surface area contributed by atoms with Crippen LogP contribution in [-0.4, -0.2) is 44.3 Å². The molecule has 3 rings (SSSR count). The zero-order valence-electron chi connectivity index (χ0n) is 16.8. The standard InChI is InChI=1S/C20H23ClN6O3/c1-3-30-20(29)13(2)23-19(28)11-10-18-25-24-17-9-8-16(26-27(17)18)22-12-14-4-6-15(21)7-5-14/h4-9,13H,3,10-12H2,1-2H3,(H,22,26)(H,23,28)/t13-/m0/s1. The van der Waals surface area contributed by atoms with Crippen molar-refractivity contribution in [2.24, 2.45) is 0 Å². The second-order valence-electron chi connectivity index (χ2n) is 6.63. The molecule has 0 aliphatic rings. The molecule has 0 saturated carbocycles. The van der Waals surface area contributed by atoms with Crippen LogP contribution >= 0.6 is 11.6 Å². The molecule has 1 aromatic carbocycles. The van der Waals surface area contributed by atoms with Gasteiger partial charge in [0.05, 0.1) is 6.61 Å². The van der Waals surface area contributed by atoms with Gasteiger partial charge in [-0.15, -0.1) is 15.3 Å². The van der Waals surface area contributed by atoms with Crippen LogP contribution in [0.5, 0.6) is 0 Å². The van der Waals surface area contributed by atoms with Crippen LogP contribution in [0, 0.1) is 0 Å². The Morgan fingerprint density at radius 3 is 2.67 bits per heavy atom. The number of benzene rings is 1. The predicted octanol–water partition coefficient (Wildman–Crippen LogP) is 2.39. The van der Waals surface area contributed by atoms with Gasteiger partial charge in [-0.2, -0.15) is 4.52 Å². The molecule has 0 aliphatic heterocycles. The van der Waals surface area contributed by atoms with Gasteiger partial charge in [-0.1, -0.05) is 23.7 Å². The van der Waals surface area contributed by atoms with Gasteiger partial charge in [0.15, 0.2) is 11.5 Å². The summed E-state index contributed by atoms with van der Waals surface area (Å²) >= 11 is 5.91. The number of halogens is 1. The Morgan fingerprint density at radius 2 is 1.93 bits per heavy atom. The Balaban J connectivity index is 1.59. The van der Waals surface area contributed by atoms with E-state index in [4.69, 9.17) is 16.3 Å². The Bertz CT molecular complexity index is 1020. The van der Waals surface area contributed by atoms with Crippen molar-refractivity contribution >= 4 is 34.9 Å². The number of amides is 1. The average molecular weight is 431 g/mol. The van der Waals surface area contributed by atoms with E-state index in [1.807, 2.05) is 30.3 Å². The fourth-order valence-corrected chi connectivity index (χ4v) is 2.87. The molecule has 0 bridgehead atoms. The van der Waals surface area contributed by atoms with Crippen molar-refractivity contribution in [1.29, 1.82) is 0 Å². The number of anilines is 1. The lowest BCUT2D eigenvalue weighted by atomic mass is 10.2. The molecule has 2 N–H and O–H groups in total. The van der Waals surface area contributed by atoms with E-state index in [0.29, 0.717) is 35.3 Å². The van der Waals surface area contributed by atoms with Gasteiger partial charge in [-0.3, -0.25) is 4.79 Å². The molecule has 3 aromatic rings. The van der Waals surface area contributed by atoms with Crippen molar-refractivity contribution in [2.75, 3.05) is 11.9 Å². The summed E-state index contributed by atoms with van der Waals surface area (Å²) < 4.78 is 6.49. The van der Waals surface area contributed by atoms with Gasteiger partial charge in [0.25, 0.3) is 0 Å². The van der Waals surface area contributed by atoms with Crippen LogP contribution in [-0.2, 0) is 27.3 Å². The second kappa shape index (κ2) is 10.0. The lowest BCUT2D eigenvalue weighted by Crippen LogP contribution is -2.39. The van der Waals surface area contributed by atoms with E-state index in [2.05, 4.69) is 25.9 Å². The lowest BCUT2D eigenvalue weighted by Gasteiger charge is -2.12. The molecule has 9 nitrogen and oxygen atoms in total. The lowest BCUT2D eigenvalue weighted by molar-refractivity contribution is -0.146. The van der Waals surface area contributed by atoms with Crippen LogP contribution in [0.3, 0.4) is 0 Å². The van der Waals surface area contributed by atoms with Crippen LogP contribution in [0.15, 0.2) is 36.4 Å². The van der Waals surface area contributed by atoms with Gasteiger partial charge in [0.1, 0.15) is 11.9 Å². The highest BCUT2D eigenvalue weighted by molar-refractivity contribution is 6.30. The van der Waals surface area contributed by atoms with Gasteiger partial charge in [0, 0.05) is 24.4 Å². The van der Waals surface area contributed by atoms with Crippen LogP contribution in [0.25, 0.3) is 5.65 Å². The molecule has 2 aromatic heterocycles. The quantitative estimate of drug-likeness (QED) is 0.501. The Morgan fingerprint density at radius 1 is 1.17 bits per heavy atom. The van der Waals surface area contributed by atoms with E-state index >= 15 is 0 Å². The fourth-order valence-electron chi connectivity index (χ4n) is 2.74. The van der Waals surface area contributed by atoms with Gasteiger partial charge in [-0.25, -0.2) is 4.79 Å². The number of carbonyl (C=O) groups is 2. The van der Waals surface area contributed by atoms with Crippen LogP contribution < -0.4 is 10.6 Å². The molecule has 0 spiro atoms. The smallest absolute Gasteiger partial charge is 0.328 e. The summed E-state index contributed by atoms with van der Waals surface area (Å²) in [6.45, 7) is 4.16. The van der Waals surface area contributed by atoms with E-state index < -0.39 is 12.0 Å². The summed E-state index contributed by atoms with van der Waals surface area (Å²) in [5, 5.41) is 19.3. The minimum absolute atomic E-state index is 0.147. The van der Waals surface area contributed by atoms with E-state index in [1.165, 1.54) is 0 Å². The van der Waals surface area contributed by atoms with E-state index in [-0.39, 0.29) is 18.9 Å². The molecule has 0 saturated heterocycles. The van der Waals surface area contributed by atoms with Crippen molar-refractivity contribution in [3.63, 3.8) is 0 Å². The summed E-state index contributed by atoms with van der Waals surface area (Å²) in [7, 11) is 0. The number of rotatable bonds is 9. The third-order valence-electron chi connectivity index (χ3n) is 4.31. The predicted molar refractivity (Wildman–Crippen MR) is 112 cm³/mol. The first kappa shape index (κ1) is 21.5. The number of carbonyl (C=O) groups excluding carboxylic acids is 2. The van der Waals surface area contributed by atoms with Gasteiger partial charge in [-0.05, 0) is 43.7 Å². The molecular weight excluding hydrogens is 408 g/mol. The summed E-state index contributed by atoms with van der Waals surface area (Å²) in [6, 6.07) is 10.5. The summed E-state index contributed by atoms with van der Waals surface area (Å²) in [4.78, 5) is 23.7. The number of ether oxygens (including phenoxy) is 1. The molecule has 0 fully saturated rings. The largest absolute Gasteiger partial charge is 0.464 e. The molecule has 30 heavy (non-hydrogen) atoms. The number of fused-ring (bicyclic) bond motifs is 1. The first-order chi connectivity index (χ1) is 14.5. The highest BCUT2D eigenvalue weighted by atomic mass is 35.5. The topological polar surface area (TPSA) is 111 Å². The average Bonchev–Trinajstić information content (AvgIpc) is 3.14. The third-order valence-corrected chi connectivity index (χ3v) is 4.56. The number of nitrogens with one attached hydrogen (secondary N) is 2. The number of aromatic nitrogens is 4. The van der Waals surface area contributed by atoms with Gasteiger partial charge in [0.2, 0.25) is 5.91 Å². The summed E-state index contributed by atoms with van der Waals surface area (Å²) in [5.74, 6) is 0.471. The first-order valence-corrected chi connectivity index (χ1v) is 9.99. The van der Waals surface area contributed by atoms with Crippen LogP contribution in [0.1, 0.15) is 31.7 Å². The molecule has 10 heteroatoms. The highest BCUT2D eigenvalue weighted by Gasteiger charge is 2.17. The first-order valence-electron chi connectivity index (χ1n) is 9.62. The number of aryl methyl sites for hydroxylation is 1. The minimum Gasteiger partial charge on any atom is -0.464 e. The van der Waals surface area contributed by atoms with Crippen molar-refractivity contribution in [1.82, 2.24) is 25.1 Å². The van der Waals surface area contributed by atoms with Crippen LogP contribution in [0.4, 0.5) is 5.82 Å². The van der Waals surface area contributed by atoms with E-state index in [9.17, 15) is 9.59 Å². The van der Waals surface area contributed by atoms with Crippen molar-refractivity contribution in [3.8, 4) is 0 Å². The summed E-state index contributed by atoms with van der Waals surface area (Å²) in [6.07, 6.45) is 0.477. The van der Waals surface area contributed by atoms with Crippen LogP contribution in [0.2, 0.25) is 5.02 Å². The zero-order valence-corrected chi connectivity index (χ0v) is 17.5. The van der Waals surface area contributed by atoms with Crippen molar-refractivity contribution in [3.05, 3.63) is 52.8 Å². The van der Waals surface area contributed by atoms with E-state index in [1.54, 1.807) is 24.4 Å². The number of esters is 1. The number of hydrogen-bond donors (Lipinski definition) is 2. The summed E-state index contributed by atoms with van der Waals surface area (Å²) in [5.41, 5.74) is 1.65. The third kappa shape index (κ3) is 5.66. The Kier molecular flexibility index (Phi) is 7.18. The minimum atomic E-state index is -0.700. The molecule has 1 atom stereocenters. The molecule has 1 amide bonds. The Hall–Kier alpha value is -3.20. The van der Waals surface area contributed by atoms with Crippen molar-refractivity contribution < 1.29 is 14.3 Å². The maximum atomic E-state index is 12.1. The maximum Gasteiger partial charge on any atom is 0.328 e. The molecule has 0 radical (unpaired) electrons. The van der Waals surface area contributed by atoms with Gasteiger partial charge < -0.3 is 15.4 Å². The molecule has 0 unspecified atom stereocenters. The molecule has 2 heterocycles. The normalized spacial score (nSPS) is 11.8. The number of hydrogen-bond acceptors (Lipinski definition) is 7. The highest BCUT2D eigenvalue weighted by Crippen LogP contribution is 2.12. The van der Waals surface area contributed by atoms with E-state index in [0.717, 1.165) is 5.56 Å². The number of nitrogens with zero attached hydrogens (tertiary/aromatic N) is 4. The molecule has 0 aliphatic carbocycles. The monoisotopic (exact) mass is 430 g/mol. The maximum absolute atomic E-state index is 12.1. The Labute approximate surface area is 178 Å². The van der Waals surface area contributed by atoms with Gasteiger partial charge >= 0.3 is 5.97 Å². The second-order valence-corrected chi connectivity index (χ2v) is 7.06.